The lowest BCUT2D eigenvalue weighted by Crippen LogP contribution is -2.05. The molecule has 1 aliphatic rings. The molecule has 0 fully saturated rings. The molecule has 0 aromatic heterocycles. The zero-order valence-corrected chi connectivity index (χ0v) is 10.8. The van der Waals surface area contributed by atoms with Gasteiger partial charge in [0.05, 0.1) is 21.9 Å². The highest BCUT2D eigenvalue weighted by Gasteiger charge is 2.22. The van der Waals surface area contributed by atoms with Crippen LogP contribution in [0.25, 0.3) is 0 Å². The van der Waals surface area contributed by atoms with Gasteiger partial charge in [0.15, 0.2) is 0 Å². The Kier molecular flexibility index (Phi) is 2.98. The van der Waals surface area contributed by atoms with Gasteiger partial charge in [-0.3, -0.25) is 15.1 Å². The van der Waals surface area contributed by atoms with Crippen LogP contribution >= 0.6 is 0 Å². The van der Waals surface area contributed by atoms with E-state index in [0.29, 0.717) is 23.4 Å². The molecular weight excluding hydrogens is 272 g/mol. The van der Waals surface area contributed by atoms with Crippen LogP contribution in [0, 0.1) is 10.1 Å². The van der Waals surface area contributed by atoms with E-state index in [-0.39, 0.29) is 11.3 Å². The van der Waals surface area contributed by atoms with Gasteiger partial charge in [-0.2, -0.15) is 0 Å². The highest BCUT2D eigenvalue weighted by atomic mass is 16.6. The molecule has 21 heavy (non-hydrogen) atoms. The minimum Gasteiger partial charge on any atom is -0.478 e. The van der Waals surface area contributed by atoms with Gasteiger partial charge in [-0.1, -0.05) is 6.07 Å². The van der Waals surface area contributed by atoms with Crippen LogP contribution in [0.2, 0.25) is 0 Å². The van der Waals surface area contributed by atoms with E-state index >= 15 is 0 Å². The lowest BCUT2D eigenvalue weighted by Gasteiger charge is -2.02. The summed E-state index contributed by atoms with van der Waals surface area (Å²) in [4.78, 5) is 25.8. The summed E-state index contributed by atoms with van der Waals surface area (Å²) in [6.45, 7) is 0. The molecule has 6 nitrogen and oxygen atoms in total. The van der Waals surface area contributed by atoms with E-state index in [1.54, 1.807) is 30.3 Å². The van der Waals surface area contributed by atoms with Gasteiger partial charge in [-0.15, -0.1) is 0 Å². The molecule has 2 aromatic carbocycles. The molecule has 1 heterocycles. The molecule has 0 amide bonds. The molecule has 0 saturated carbocycles. The normalized spacial score (nSPS) is 12.7. The zero-order chi connectivity index (χ0) is 15.0. The Morgan fingerprint density at radius 3 is 2.52 bits per heavy atom. The van der Waals surface area contributed by atoms with Crippen molar-refractivity contribution in [1.29, 1.82) is 0 Å². The molecule has 2 aromatic rings. The number of aromatic carboxylic acids is 1. The van der Waals surface area contributed by atoms with Crippen LogP contribution in [-0.2, 0) is 6.42 Å². The smallest absolute Gasteiger partial charge is 0.336 e. The molecule has 0 unspecified atom stereocenters. The van der Waals surface area contributed by atoms with Crippen molar-refractivity contribution in [3.05, 3.63) is 69.3 Å². The van der Waals surface area contributed by atoms with E-state index in [0.717, 1.165) is 5.56 Å². The minimum atomic E-state index is -0.980. The molecule has 0 bridgehead atoms. The number of carbonyl (C=O) groups is 1. The number of benzene rings is 2. The van der Waals surface area contributed by atoms with Crippen LogP contribution in [0.3, 0.4) is 0 Å². The molecule has 3 rings (SSSR count). The van der Waals surface area contributed by atoms with Crippen LogP contribution in [0.1, 0.15) is 21.5 Å². The molecule has 0 spiro atoms. The summed E-state index contributed by atoms with van der Waals surface area (Å²) >= 11 is 0. The second kappa shape index (κ2) is 4.82. The van der Waals surface area contributed by atoms with Gasteiger partial charge in [0.2, 0.25) is 0 Å². The second-order valence-electron chi connectivity index (χ2n) is 4.65. The third kappa shape index (κ3) is 2.27. The topological polar surface area (TPSA) is 92.8 Å². The Morgan fingerprint density at radius 2 is 1.90 bits per heavy atom. The number of non-ortho nitro benzene ring substituents is 1. The first-order valence-electron chi connectivity index (χ1n) is 6.24. The average Bonchev–Trinajstić information content (AvgIpc) is 2.90. The zero-order valence-electron chi connectivity index (χ0n) is 10.8. The van der Waals surface area contributed by atoms with E-state index in [1.165, 1.54) is 12.1 Å². The van der Waals surface area contributed by atoms with Crippen molar-refractivity contribution in [2.24, 2.45) is 4.99 Å². The van der Waals surface area contributed by atoms with E-state index in [2.05, 4.69) is 4.99 Å². The van der Waals surface area contributed by atoms with E-state index in [1.807, 2.05) is 0 Å². The average molecular weight is 282 g/mol. The lowest BCUT2D eigenvalue weighted by molar-refractivity contribution is -0.384. The molecule has 0 saturated heterocycles. The maximum atomic E-state index is 11.2. The second-order valence-corrected chi connectivity index (χ2v) is 4.65. The lowest BCUT2D eigenvalue weighted by atomic mass is 10.00. The molecular formula is C15H10N2O4. The van der Waals surface area contributed by atoms with Crippen LogP contribution in [-0.4, -0.2) is 21.7 Å². The standard InChI is InChI=1S/C15H10N2O4/c18-15(19)11-2-1-3-13-12(11)8-14(16-13)9-4-6-10(7-5-9)17(20)21/h1-7H,8H2,(H,18,19). The van der Waals surface area contributed by atoms with E-state index in [9.17, 15) is 20.0 Å². The molecule has 1 aliphatic heterocycles. The van der Waals surface area contributed by atoms with Crippen molar-refractivity contribution >= 4 is 23.1 Å². The van der Waals surface area contributed by atoms with Crippen LogP contribution in [0.4, 0.5) is 11.4 Å². The summed E-state index contributed by atoms with van der Waals surface area (Å²) in [5, 5.41) is 19.8. The Morgan fingerprint density at radius 1 is 1.19 bits per heavy atom. The predicted octanol–water partition coefficient (Wildman–Crippen LogP) is 2.97. The largest absolute Gasteiger partial charge is 0.478 e. The Balaban J connectivity index is 1.95. The van der Waals surface area contributed by atoms with Crippen LogP contribution in [0.15, 0.2) is 47.5 Å². The first-order valence-corrected chi connectivity index (χ1v) is 6.24. The van der Waals surface area contributed by atoms with Gasteiger partial charge in [0, 0.05) is 18.6 Å². The molecule has 104 valence electrons. The quantitative estimate of drug-likeness (QED) is 0.691. The van der Waals surface area contributed by atoms with Crippen molar-refractivity contribution < 1.29 is 14.8 Å². The third-order valence-electron chi connectivity index (χ3n) is 3.39. The number of aliphatic imine (C=N–C) groups is 1. The number of rotatable bonds is 3. The van der Waals surface area contributed by atoms with Gasteiger partial charge in [0.25, 0.3) is 5.69 Å². The van der Waals surface area contributed by atoms with Crippen LogP contribution < -0.4 is 0 Å². The summed E-state index contributed by atoms with van der Waals surface area (Å²) in [5.74, 6) is -0.980. The molecule has 0 atom stereocenters. The maximum Gasteiger partial charge on any atom is 0.336 e. The highest BCUT2D eigenvalue weighted by molar-refractivity contribution is 6.08. The van der Waals surface area contributed by atoms with Crippen molar-refractivity contribution in [3.8, 4) is 0 Å². The number of fused-ring (bicyclic) bond motifs is 1. The number of hydrogen-bond acceptors (Lipinski definition) is 4. The fourth-order valence-corrected chi connectivity index (χ4v) is 2.36. The summed E-state index contributed by atoms with van der Waals surface area (Å²) in [5.41, 5.74) is 3.05. The van der Waals surface area contributed by atoms with Gasteiger partial charge < -0.3 is 5.11 Å². The molecule has 6 heteroatoms. The Hall–Kier alpha value is -3.02. The van der Waals surface area contributed by atoms with Crippen molar-refractivity contribution in [1.82, 2.24) is 0 Å². The van der Waals surface area contributed by atoms with Gasteiger partial charge in [-0.05, 0) is 35.4 Å². The van der Waals surface area contributed by atoms with Gasteiger partial charge in [0.1, 0.15) is 0 Å². The van der Waals surface area contributed by atoms with Crippen molar-refractivity contribution in [3.63, 3.8) is 0 Å². The van der Waals surface area contributed by atoms with Crippen molar-refractivity contribution in [2.45, 2.75) is 6.42 Å². The summed E-state index contributed by atoms with van der Waals surface area (Å²) in [6, 6.07) is 11.1. The summed E-state index contributed by atoms with van der Waals surface area (Å²) in [7, 11) is 0. The first-order chi connectivity index (χ1) is 10.1. The Bertz CT molecular complexity index is 779. The molecule has 0 radical (unpaired) electrons. The number of carboxylic acids is 1. The number of nitrogens with zero attached hydrogens (tertiary/aromatic N) is 2. The predicted molar refractivity (Wildman–Crippen MR) is 76.4 cm³/mol. The number of nitro groups is 1. The highest BCUT2D eigenvalue weighted by Crippen LogP contribution is 2.31. The van der Waals surface area contributed by atoms with E-state index < -0.39 is 10.9 Å². The SMILES string of the molecule is O=C(O)c1cccc2c1CC(c1ccc([N+](=O)[O-])cc1)=N2. The maximum absolute atomic E-state index is 11.2. The summed E-state index contributed by atoms with van der Waals surface area (Å²) < 4.78 is 0. The first kappa shape index (κ1) is 13.0. The van der Waals surface area contributed by atoms with Gasteiger partial charge >= 0.3 is 5.97 Å². The summed E-state index contributed by atoms with van der Waals surface area (Å²) in [6.07, 6.45) is 0.412. The fourth-order valence-electron chi connectivity index (χ4n) is 2.36. The monoisotopic (exact) mass is 282 g/mol. The third-order valence-corrected chi connectivity index (χ3v) is 3.39. The number of hydrogen-bond donors (Lipinski definition) is 1. The molecule has 1 N–H and O–H groups in total. The molecule has 0 aliphatic carbocycles. The van der Waals surface area contributed by atoms with Crippen molar-refractivity contribution in [2.75, 3.05) is 0 Å². The fraction of sp³-hybridized carbons (Fsp3) is 0.0667. The Labute approximate surface area is 119 Å². The van der Waals surface area contributed by atoms with E-state index in [4.69, 9.17) is 0 Å². The number of nitro benzene ring substituents is 1. The minimum absolute atomic E-state index is 0.0149. The van der Waals surface area contributed by atoms with Crippen LogP contribution in [0.5, 0.6) is 0 Å². The number of carboxylic acid groups (broad SMARTS) is 1. The van der Waals surface area contributed by atoms with Gasteiger partial charge in [-0.25, -0.2) is 4.79 Å².